The molecule has 3 heterocycles. The minimum absolute atomic E-state index is 0.0553. The van der Waals surface area contributed by atoms with Crippen molar-refractivity contribution in [2.24, 2.45) is 0 Å². The summed E-state index contributed by atoms with van der Waals surface area (Å²) in [6, 6.07) is 9.65. The van der Waals surface area contributed by atoms with Gasteiger partial charge in [-0.1, -0.05) is 0 Å². The monoisotopic (exact) mass is 410 g/mol. The fourth-order valence-electron chi connectivity index (χ4n) is 2.22. The van der Waals surface area contributed by atoms with Crippen molar-refractivity contribution < 1.29 is 34.0 Å². The lowest BCUT2D eigenvalue weighted by atomic mass is 10.2. The molecule has 3 aromatic heterocycles. The van der Waals surface area contributed by atoms with Gasteiger partial charge in [0.25, 0.3) is 0 Å². The average Bonchev–Trinajstić information content (AvgIpc) is 3.22. The smallest absolute Gasteiger partial charge is 0.335 e. The van der Waals surface area contributed by atoms with E-state index < -0.39 is 11.7 Å². The molecule has 0 saturated heterocycles. The number of hydrogen-bond acceptors (Lipinski definition) is 8. The van der Waals surface area contributed by atoms with Gasteiger partial charge in [0.1, 0.15) is 0 Å². The zero-order valence-corrected chi connectivity index (χ0v) is 15.1. The molecule has 0 amide bonds. The Labute approximate surface area is 168 Å². The van der Waals surface area contributed by atoms with Crippen LogP contribution < -0.4 is 9.46 Å². The maximum absolute atomic E-state index is 10.9. The van der Waals surface area contributed by atoms with E-state index in [4.69, 9.17) is 19.7 Å². The van der Waals surface area contributed by atoms with Crippen molar-refractivity contribution in [3.63, 3.8) is 0 Å². The number of pyridine rings is 2. The van der Waals surface area contributed by atoms with Crippen molar-refractivity contribution in [1.29, 1.82) is 0 Å². The van der Waals surface area contributed by atoms with Crippen LogP contribution >= 0.6 is 0 Å². The molecule has 4 rings (SSSR count). The van der Waals surface area contributed by atoms with Crippen LogP contribution in [0.2, 0.25) is 0 Å². The summed E-state index contributed by atoms with van der Waals surface area (Å²) in [6.07, 6.45) is 5.40. The number of nitrogens with zero attached hydrogens (tertiary/aromatic N) is 4. The first kappa shape index (κ1) is 20.1. The van der Waals surface area contributed by atoms with Gasteiger partial charge in [-0.3, -0.25) is 0 Å². The van der Waals surface area contributed by atoms with Crippen LogP contribution in [0.4, 0.5) is 0 Å². The van der Waals surface area contributed by atoms with Gasteiger partial charge in [0.15, 0.2) is 36.3 Å². The first-order valence-corrected chi connectivity index (χ1v) is 8.30. The van der Waals surface area contributed by atoms with Gasteiger partial charge in [0.2, 0.25) is 11.8 Å². The molecule has 0 unspecified atom stereocenters. The molecule has 0 spiro atoms. The molecule has 3 N–H and O–H groups in total. The van der Waals surface area contributed by atoms with E-state index in [1.807, 2.05) is 0 Å². The summed E-state index contributed by atoms with van der Waals surface area (Å²) < 4.78 is 6.83. The molecular formula is C19H14N4O7. The van der Waals surface area contributed by atoms with E-state index >= 15 is 0 Å². The molecule has 0 aliphatic rings. The predicted octanol–water partition coefficient (Wildman–Crippen LogP) is 1.47. The van der Waals surface area contributed by atoms with Crippen LogP contribution in [0.1, 0.15) is 10.4 Å². The molecule has 0 aliphatic heterocycles. The van der Waals surface area contributed by atoms with Gasteiger partial charge >= 0.3 is 5.97 Å². The number of aromatic nitrogens is 4. The Balaban J connectivity index is 0.000000199. The Morgan fingerprint density at radius 1 is 0.800 bits per heavy atom. The Morgan fingerprint density at radius 3 is 1.67 bits per heavy atom. The lowest BCUT2D eigenvalue weighted by Crippen LogP contribution is -2.23. The number of phenolic OH excluding ortho intramolecular Hbond substituents is 2. The quantitative estimate of drug-likeness (QED) is 0.257. The van der Waals surface area contributed by atoms with E-state index in [1.54, 1.807) is 24.3 Å². The molecule has 30 heavy (non-hydrogen) atoms. The number of phenols is 2. The van der Waals surface area contributed by atoms with Gasteiger partial charge in [-0.2, -0.15) is 9.46 Å². The fourth-order valence-corrected chi connectivity index (χ4v) is 2.22. The van der Waals surface area contributed by atoms with Crippen molar-refractivity contribution in [3.05, 3.63) is 83.2 Å². The Hall–Kier alpha value is -4.67. The largest absolute Gasteiger partial charge is 0.619 e. The predicted molar refractivity (Wildman–Crippen MR) is 99.8 cm³/mol. The average molecular weight is 410 g/mol. The highest BCUT2D eigenvalue weighted by molar-refractivity contribution is 5.88. The second kappa shape index (κ2) is 8.56. The number of aromatic hydroxyl groups is 2. The standard InChI is InChI=1S/C12H8N4O3.C7H6O4/c17-15-5-1-9(2-6-15)11-13-14-12(19-11)10-3-7-16(18)8-4-10;8-5-2-1-4(7(10)11)3-6(5)9/h1-8H;1-3,8-9H,(H,10,11). The molecule has 0 saturated carbocycles. The molecule has 11 nitrogen and oxygen atoms in total. The van der Waals surface area contributed by atoms with Crippen molar-refractivity contribution in [2.75, 3.05) is 0 Å². The number of carboxylic acids is 1. The minimum Gasteiger partial charge on any atom is -0.619 e. The zero-order valence-electron chi connectivity index (χ0n) is 15.1. The van der Waals surface area contributed by atoms with Crippen LogP contribution in [0, 0.1) is 10.4 Å². The number of benzene rings is 1. The number of aromatic carboxylic acids is 1. The number of hydrogen-bond donors (Lipinski definition) is 3. The summed E-state index contributed by atoms with van der Waals surface area (Å²) in [5.74, 6) is -1.26. The highest BCUT2D eigenvalue weighted by Crippen LogP contribution is 2.24. The molecule has 0 fully saturated rings. The van der Waals surface area contributed by atoms with Crippen LogP contribution in [0.5, 0.6) is 11.5 Å². The normalized spacial score (nSPS) is 10.1. The molecule has 1 aromatic carbocycles. The molecule has 11 heteroatoms. The van der Waals surface area contributed by atoms with Crippen LogP contribution in [-0.2, 0) is 0 Å². The van der Waals surface area contributed by atoms with Gasteiger partial charge in [0.05, 0.1) is 16.7 Å². The lowest BCUT2D eigenvalue weighted by Gasteiger charge is -1.97. The van der Waals surface area contributed by atoms with E-state index in [9.17, 15) is 15.2 Å². The Morgan fingerprint density at radius 2 is 1.27 bits per heavy atom. The summed E-state index contributed by atoms with van der Waals surface area (Å²) in [4.78, 5) is 10.3. The first-order chi connectivity index (χ1) is 14.3. The van der Waals surface area contributed by atoms with Gasteiger partial charge in [-0.15, -0.1) is 10.2 Å². The molecular weight excluding hydrogens is 396 g/mol. The second-order valence-electron chi connectivity index (χ2n) is 5.81. The maximum atomic E-state index is 10.9. The lowest BCUT2D eigenvalue weighted by molar-refractivity contribution is -0.605. The van der Waals surface area contributed by atoms with Crippen LogP contribution in [-0.4, -0.2) is 31.5 Å². The van der Waals surface area contributed by atoms with E-state index in [0.29, 0.717) is 32.4 Å². The minimum atomic E-state index is -1.14. The Bertz CT molecular complexity index is 1100. The highest BCUT2D eigenvalue weighted by Gasteiger charge is 2.11. The zero-order chi connectivity index (χ0) is 21.7. The topological polar surface area (TPSA) is 171 Å². The summed E-state index contributed by atoms with van der Waals surface area (Å²) in [5.41, 5.74) is 1.25. The van der Waals surface area contributed by atoms with E-state index in [-0.39, 0.29) is 11.3 Å². The molecule has 4 aromatic rings. The summed E-state index contributed by atoms with van der Waals surface area (Å²) in [5, 5.41) is 55.7. The van der Waals surface area contributed by atoms with Crippen LogP contribution in [0.15, 0.2) is 71.7 Å². The molecule has 0 aliphatic carbocycles. The summed E-state index contributed by atoms with van der Waals surface area (Å²) in [7, 11) is 0. The van der Waals surface area contributed by atoms with Gasteiger partial charge in [0, 0.05) is 24.3 Å². The SMILES string of the molecule is O=C(O)c1ccc(O)c(O)c1.[O-][n+]1ccc(-c2nnc(-c3cc[n+]([O-])cc3)o2)cc1. The van der Waals surface area contributed by atoms with Crippen molar-refractivity contribution in [2.45, 2.75) is 0 Å². The fraction of sp³-hybridized carbons (Fsp3) is 0. The van der Waals surface area contributed by atoms with E-state index in [0.717, 1.165) is 12.1 Å². The highest BCUT2D eigenvalue weighted by atomic mass is 16.5. The first-order valence-electron chi connectivity index (χ1n) is 8.30. The molecule has 0 radical (unpaired) electrons. The third-order valence-electron chi connectivity index (χ3n) is 3.75. The maximum Gasteiger partial charge on any atom is 0.335 e. The molecule has 152 valence electrons. The molecule has 0 bridgehead atoms. The number of carboxylic acid groups (broad SMARTS) is 1. The summed E-state index contributed by atoms with van der Waals surface area (Å²) in [6.45, 7) is 0. The third-order valence-corrected chi connectivity index (χ3v) is 3.75. The van der Waals surface area contributed by atoms with Crippen LogP contribution in [0.25, 0.3) is 22.9 Å². The number of carbonyl (C=O) groups is 1. The van der Waals surface area contributed by atoms with Crippen molar-refractivity contribution in [1.82, 2.24) is 10.2 Å². The number of rotatable bonds is 3. The van der Waals surface area contributed by atoms with Crippen molar-refractivity contribution >= 4 is 5.97 Å². The summed E-state index contributed by atoms with van der Waals surface area (Å²) >= 11 is 0. The van der Waals surface area contributed by atoms with E-state index in [2.05, 4.69) is 10.2 Å². The van der Waals surface area contributed by atoms with Gasteiger partial charge in [-0.05, 0) is 18.2 Å². The van der Waals surface area contributed by atoms with Crippen molar-refractivity contribution in [3.8, 4) is 34.4 Å². The van der Waals surface area contributed by atoms with E-state index in [1.165, 1.54) is 30.9 Å². The Kier molecular flexibility index (Phi) is 5.73. The third kappa shape index (κ3) is 4.78. The van der Waals surface area contributed by atoms with Gasteiger partial charge in [-0.25, -0.2) is 4.79 Å². The van der Waals surface area contributed by atoms with Crippen LogP contribution in [0.3, 0.4) is 0 Å². The second-order valence-corrected chi connectivity index (χ2v) is 5.81. The van der Waals surface area contributed by atoms with Gasteiger partial charge < -0.3 is 30.2 Å². The molecule has 0 atom stereocenters.